The molecule has 3 aromatic rings. The minimum Gasteiger partial charge on any atom is -0.379 e. The molecule has 0 spiro atoms. The van der Waals surface area contributed by atoms with Crippen LogP contribution in [0.1, 0.15) is 16.0 Å². The lowest BCUT2D eigenvalue weighted by Crippen LogP contribution is -2.37. The highest BCUT2D eigenvalue weighted by atomic mass is 32.2. The maximum Gasteiger partial charge on any atom is 0.267 e. The zero-order chi connectivity index (χ0) is 21.4. The third-order valence-corrected chi connectivity index (χ3v) is 8.10. The Kier molecular flexibility index (Phi) is 6.16. The summed E-state index contributed by atoms with van der Waals surface area (Å²) in [7, 11) is 2.14. The summed E-state index contributed by atoms with van der Waals surface area (Å²) in [4.78, 5) is 25.7. The van der Waals surface area contributed by atoms with Crippen LogP contribution < -0.4 is 5.56 Å². The van der Waals surface area contributed by atoms with E-state index in [1.807, 2.05) is 16.7 Å². The Balaban J connectivity index is 1.54. The van der Waals surface area contributed by atoms with Crippen molar-refractivity contribution in [3.05, 3.63) is 50.6 Å². The van der Waals surface area contributed by atoms with Gasteiger partial charge in [0.25, 0.3) is 5.56 Å². The van der Waals surface area contributed by atoms with Gasteiger partial charge < -0.3 is 9.64 Å². The van der Waals surface area contributed by atoms with E-state index in [0.29, 0.717) is 0 Å². The van der Waals surface area contributed by atoms with Crippen LogP contribution in [0.4, 0.5) is 0 Å². The molecule has 164 valence electrons. The van der Waals surface area contributed by atoms with E-state index in [-0.39, 0.29) is 5.56 Å². The van der Waals surface area contributed by atoms with Crippen LogP contribution in [0.5, 0.6) is 0 Å². The number of thioether (sulfide) groups is 1. The molecule has 1 aromatic carbocycles. The summed E-state index contributed by atoms with van der Waals surface area (Å²) in [5, 5.41) is 1.62. The lowest BCUT2D eigenvalue weighted by molar-refractivity contribution is 0.0410. The van der Waals surface area contributed by atoms with Gasteiger partial charge in [0, 0.05) is 43.4 Å². The van der Waals surface area contributed by atoms with Crippen LogP contribution in [-0.2, 0) is 17.7 Å². The smallest absolute Gasteiger partial charge is 0.267 e. The fraction of sp³-hybridized carbons (Fsp3) is 0.478. The number of aryl methyl sites for hydroxylation is 1. The number of aromatic nitrogens is 2. The molecule has 1 fully saturated rings. The van der Waals surface area contributed by atoms with Gasteiger partial charge in [0.15, 0.2) is 5.16 Å². The molecule has 0 amide bonds. The van der Waals surface area contributed by atoms with E-state index in [0.717, 1.165) is 79.2 Å². The van der Waals surface area contributed by atoms with Crippen molar-refractivity contribution in [1.82, 2.24) is 19.4 Å². The van der Waals surface area contributed by atoms with Gasteiger partial charge in [-0.2, -0.15) is 0 Å². The molecule has 2 aliphatic rings. The molecule has 31 heavy (non-hydrogen) atoms. The van der Waals surface area contributed by atoms with Gasteiger partial charge in [-0.3, -0.25) is 14.3 Å². The van der Waals surface area contributed by atoms with Gasteiger partial charge in [-0.15, -0.1) is 11.3 Å². The summed E-state index contributed by atoms with van der Waals surface area (Å²) in [5.41, 5.74) is 3.36. The fourth-order valence-electron chi connectivity index (χ4n) is 4.26. The third kappa shape index (κ3) is 4.32. The number of thiophene rings is 1. The standard InChI is InChI=1S/C23H28N4O2S2/c1-16-3-5-17(6-4-16)27-22(28)20-18-7-8-25(2)15-19(18)31-21(20)24-23(27)30-14-11-26-9-12-29-13-10-26/h3-6H,7-15H2,1-2H3. The summed E-state index contributed by atoms with van der Waals surface area (Å²) >= 11 is 3.37. The lowest BCUT2D eigenvalue weighted by Gasteiger charge is -2.26. The van der Waals surface area contributed by atoms with Crippen LogP contribution in [0.25, 0.3) is 15.9 Å². The van der Waals surface area contributed by atoms with Crippen molar-refractivity contribution in [2.75, 3.05) is 52.2 Å². The van der Waals surface area contributed by atoms with E-state index in [9.17, 15) is 4.79 Å². The summed E-state index contributed by atoms with van der Waals surface area (Å²) in [5.74, 6) is 0.900. The normalized spacial score (nSPS) is 17.9. The summed E-state index contributed by atoms with van der Waals surface area (Å²) in [6.07, 6.45) is 0.917. The highest BCUT2D eigenvalue weighted by Gasteiger charge is 2.24. The predicted octanol–water partition coefficient (Wildman–Crippen LogP) is 3.17. The first kappa shape index (κ1) is 21.2. The van der Waals surface area contributed by atoms with E-state index in [4.69, 9.17) is 9.72 Å². The quantitative estimate of drug-likeness (QED) is 0.434. The van der Waals surface area contributed by atoms with Crippen LogP contribution in [0.2, 0.25) is 0 Å². The molecule has 0 radical (unpaired) electrons. The Morgan fingerprint density at radius 3 is 2.71 bits per heavy atom. The molecule has 1 saturated heterocycles. The molecule has 0 N–H and O–H groups in total. The molecular formula is C23H28N4O2S2. The number of hydrogen-bond acceptors (Lipinski definition) is 7. The molecule has 0 saturated carbocycles. The van der Waals surface area contributed by atoms with Crippen LogP contribution in [0.3, 0.4) is 0 Å². The number of morpholine rings is 1. The van der Waals surface area contributed by atoms with E-state index < -0.39 is 0 Å². The lowest BCUT2D eigenvalue weighted by atomic mass is 10.1. The Bertz CT molecular complexity index is 1130. The van der Waals surface area contributed by atoms with E-state index in [2.05, 4.69) is 35.9 Å². The largest absolute Gasteiger partial charge is 0.379 e. The Morgan fingerprint density at radius 1 is 1.16 bits per heavy atom. The minimum absolute atomic E-state index is 0.0739. The molecule has 0 atom stereocenters. The second-order valence-corrected chi connectivity index (χ2v) is 10.5. The van der Waals surface area contributed by atoms with Crippen molar-refractivity contribution in [1.29, 1.82) is 0 Å². The SMILES string of the molecule is Cc1ccc(-n2c(SCCN3CCOCC3)nc3sc4c(c3c2=O)CCN(C)C4)cc1. The molecule has 2 aromatic heterocycles. The van der Waals surface area contributed by atoms with Crippen LogP contribution in [0.15, 0.2) is 34.2 Å². The highest BCUT2D eigenvalue weighted by molar-refractivity contribution is 7.99. The van der Waals surface area contributed by atoms with E-state index >= 15 is 0 Å². The number of fused-ring (bicyclic) bond motifs is 3. The van der Waals surface area contributed by atoms with Gasteiger partial charge in [0.1, 0.15) is 4.83 Å². The molecule has 0 unspecified atom stereocenters. The molecule has 6 nitrogen and oxygen atoms in total. The van der Waals surface area contributed by atoms with Crippen molar-refractivity contribution in [3.8, 4) is 5.69 Å². The first-order valence-electron chi connectivity index (χ1n) is 10.9. The van der Waals surface area contributed by atoms with Crippen molar-refractivity contribution in [2.24, 2.45) is 0 Å². The molecule has 2 aliphatic heterocycles. The van der Waals surface area contributed by atoms with Gasteiger partial charge in [-0.1, -0.05) is 29.5 Å². The first-order valence-corrected chi connectivity index (χ1v) is 12.7. The number of rotatable bonds is 5. The van der Waals surface area contributed by atoms with Crippen molar-refractivity contribution in [2.45, 2.75) is 25.0 Å². The van der Waals surface area contributed by atoms with Crippen LogP contribution in [0, 0.1) is 6.92 Å². The number of nitrogens with zero attached hydrogens (tertiary/aromatic N) is 4. The molecular weight excluding hydrogens is 428 g/mol. The molecule has 8 heteroatoms. The second-order valence-electron chi connectivity index (χ2n) is 8.34. The Hall–Kier alpha value is -1.71. The third-order valence-electron chi connectivity index (χ3n) is 6.07. The summed E-state index contributed by atoms with van der Waals surface area (Å²) in [6.45, 7) is 8.49. The maximum atomic E-state index is 13.8. The van der Waals surface area contributed by atoms with Gasteiger partial charge in [0.05, 0.1) is 24.3 Å². The van der Waals surface area contributed by atoms with E-state index in [1.165, 1.54) is 16.0 Å². The van der Waals surface area contributed by atoms with Gasteiger partial charge in [-0.05, 0) is 38.1 Å². The summed E-state index contributed by atoms with van der Waals surface area (Å²) < 4.78 is 7.28. The monoisotopic (exact) mass is 456 g/mol. The number of likely N-dealkylation sites (N-methyl/N-ethyl adjacent to an activating group) is 1. The topological polar surface area (TPSA) is 50.6 Å². The van der Waals surface area contributed by atoms with Gasteiger partial charge in [-0.25, -0.2) is 4.98 Å². The average Bonchev–Trinajstić information content (AvgIpc) is 3.13. The zero-order valence-corrected chi connectivity index (χ0v) is 19.7. The minimum atomic E-state index is 0.0739. The van der Waals surface area contributed by atoms with Gasteiger partial charge in [0.2, 0.25) is 0 Å². The van der Waals surface area contributed by atoms with E-state index in [1.54, 1.807) is 23.1 Å². The Labute approximate surface area is 190 Å². The second kappa shape index (κ2) is 9.03. The predicted molar refractivity (Wildman–Crippen MR) is 128 cm³/mol. The molecule has 0 aliphatic carbocycles. The number of hydrogen-bond donors (Lipinski definition) is 0. The highest BCUT2D eigenvalue weighted by Crippen LogP contribution is 2.34. The molecule has 5 rings (SSSR count). The summed E-state index contributed by atoms with van der Waals surface area (Å²) in [6, 6.07) is 8.18. The first-order chi connectivity index (χ1) is 15.1. The zero-order valence-electron chi connectivity index (χ0n) is 18.1. The van der Waals surface area contributed by atoms with Crippen LogP contribution in [-0.4, -0.2) is 71.5 Å². The van der Waals surface area contributed by atoms with Gasteiger partial charge >= 0.3 is 0 Å². The maximum absolute atomic E-state index is 13.8. The Morgan fingerprint density at radius 2 is 1.94 bits per heavy atom. The van der Waals surface area contributed by atoms with Crippen molar-refractivity contribution < 1.29 is 4.74 Å². The van der Waals surface area contributed by atoms with Crippen molar-refractivity contribution >= 4 is 33.3 Å². The fourth-order valence-corrected chi connectivity index (χ4v) is 6.61. The molecule has 0 bridgehead atoms. The number of benzene rings is 1. The number of ether oxygens (including phenoxy) is 1. The van der Waals surface area contributed by atoms with Crippen LogP contribution >= 0.6 is 23.1 Å². The van der Waals surface area contributed by atoms with Crippen molar-refractivity contribution in [3.63, 3.8) is 0 Å². The molecule has 4 heterocycles. The average molecular weight is 457 g/mol.